The lowest BCUT2D eigenvalue weighted by Crippen LogP contribution is -2.48. The van der Waals surface area contributed by atoms with Crippen LogP contribution in [0.5, 0.6) is 11.5 Å². The first kappa shape index (κ1) is 20.5. The fraction of sp³-hybridized carbons (Fsp3) is 0.375. The molecular weight excluding hydrogens is 408 g/mol. The Kier molecular flexibility index (Phi) is 5.77. The largest absolute Gasteiger partial charge is 0.486 e. The number of hydrogen-bond acceptors (Lipinski definition) is 7. The van der Waals surface area contributed by atoms with Crippen molar-refractivity contribution in [2.24, 2.45) is 0 Å². The van der Waals surface area contributed by atoms with Crippen LogP contribution in [0.3, 0.4) is 0 Å². The molecule has 0 bridgehead atoms. The Morgan fingerprint density at radius 2 is 1.72 bits per heavy atom. The van der Waals surface area contributed by atoms with Gasteiger partial charge in [-0.15, -0.1) is 0 Å². The zero-order valence-electron chi connectivity index (χ0n) is 18.1. The maximum atomic E-state index is 12.8. The lowest BCUT2D eigenvalue weighted by Gasteiger charge is -2.34. The third kappa shape index (κ3) is 4.60. The predicted molar refractivity (Wildman–Crippen MR) is 117 cm³/mol. The second-order valence-electron chi connectivity index (χ2n) is 8.19. The van der Waals surface area contributed by atoms with Crippen molar-refractivity contribution in [3.8, 4) is 22.9 Å². The molecule has 166 valence electrons. The normalized spacial score (nSPS) is 16.2. The maximum absolute atomic E-state index is 12.8. The van der Waals surface area contributed by atoms with Crippen molar-refractivity contribution < 1.29 is 18.8 Å². The smallest absolute Gasteiger partial charge is 0.241 e. The van der Waals surface area contributed by atoms with E-state index in [1.807, 2.05) is 54.3 Å². The molecule has 0 saturated carbocycles. The summed E-state index contributed by atoms with van der Waals surface area (Å²) in [5.74, 6) is 2.79. The third-order valence-electron chi connectivity index (χ3n) is 5.82. The van der Waals surface area contributed by atoms with Crippen molar-refractivity contribution in [2.45, 2.75) is 19.9 Å². The van der Waals surface area contributed by atoms with E-state index in [1.165, 1.54) is 5.56 Å². The Bertz CT molecular complexity index is 1090. The van der Waals surface area contributed by atoms with Gasteiger partial charge in [0, 0.05) is 31.7 Å². The van der Waals surface area contributed by atoms with Crippen molar-refractivity contribution in [2.75, 3.05) is 39.4 Å². The molecule has 5 rings (SSSR count). The summed E-state index contributed by atoms with van der Waals surface area (Å²) in [6.07, 6.45) is 0.361. The second kappa shape index (κ2) is 9.00. The molecule has 2 aromatic carbocycles. The van der Waals surface area contributed by atoms with Gasteiger partial charge in [-0.1, -0.05) is 41.1 Å². The average Bonchev–Trinajstić information content (AvgIpc) is 3.28. The highest BCUT2D eigenvalue weighted by atomic mass is 16.6. The molecule has 0 aliphatic carbocycles. The Labute approximate surface area is 186 Å². The van der Waals surface area contributed by atoms with E-state index in [4.69, 9.17) is 14.0 Å². The van der Waals surface area contributed by atoms with Crippen LogP contribution in [0.2, 0.25) is 0 Å². The fourth-order valence-electron chi connectivity index (χ4n) is 3.97. The van der Waals surface area contributed by atoms with Crippen LogP contribution < -0.4 is 9.47 Å². The van der Waals surface area contributed by atoms with Crippen molar-refractivity contribution in [3.05, 3.63) is 59.5 Å². The Hall–Kier alpha value is -3.39. The van der Waals surface area contributed by atoms with E-state index in [0.717, 1.165) is 35.7 Å². The van der Waals surface area contributed by atoms with Crippen LogP contribution in [0.25, 0.3) is 11.4 Å². The Morgan fingerprint density at radius 1 is 0.969 bits per heavy atom. The van der Waals surface area contributed by atoms with Gasteiger partial charge in [-0.3, -0.25) is 9.69 Å². The van der Waals surface area contributed by atoms with Crippen molar-refractivity contribution in [1.29, 1.82) is 0 Å². The fourth-order valence-corrected chi connectivity index (χ4v) is 3.97. The zero-order valence-corrected chi connectivity index (χ0v) is 18.1. The average molecular weight is 434 g/mol. The molecule has 3 aromatic rings. The van der Waals surface area contributed by atoms with Crippen molar-refractivity contribution in [3.63, 3.8) is 0 Å². The monoisotopic (exact) mass is 434 g/mol. The van der Waals surface area contributed by atoms with Crippen LogP contribution in [0.1, 0.15) is 17.0 Å². The summed E-state index contributed by atoms with van der Waals surface area (Å²) in [4.78, 5) is 21.5. The molecule has 1 aromatic heterocycles. The summed E-state index contributed by atoms with van der Waals surface area (Å²) < 4.78 is 16.6. The number of carbonyl (C=O) groups is 1. The molecule has 0 N–H and O–H groups in total. The first-order chi connectivity index (χ1) is 15.6. The summed E-state index contributed by atoms with van der Waals surface area (Å²) in [7, 11) is 0. The number of hydrogen-bond donors (Lipinski definition) is 0. The van der Waals surface area contributed by atoms with Gasteiger partial charge in [0.25, 0.3) is 0 Å². The number of piperazine rings is 1. The number of fused-ring (bicyclic) bond motifs is 1. The molecule has 8 nitrogen and oxygen atoms in total. The van der Waals surface area contributed by atoms with Gasteiger partial charge in [0.15, 0.2) is 11.5 Å². The number of amides is 1. The summed E-state index contributed by atoms with van der Waals surface area (Å²) in [6.45, 7) is 6.65. The lowest BCUT2D eigenvalue weighted by atomic mass is 10.1. The minimum absolute atomic E-state index is 0.126. The van der Waals surface area contributed by atoms with Gasteiger partial charge in [-0.25, -0.2) is 0 Å². The van der Waals surface area contributed by atoms with Gasteiger partial charge in [0.1, 0.15) is 13.2 Å². The molecule has 2 aliphatic heterocycles. The molecule has 8 heteroatoms. The van der Waals surface area contributed by atoms with Crippen LogP contribution >= 0.6 is 0 Å². The van der Waals surface area contributed by atoms with E-state index in [9.17, 15) is 4.79 Å². The summed E-state index contributed by atoms with van der Waals surface area (Å²) in [5.41, 5.74) is 3.08. The van der Waals surface area contributed by atoms with Crippen molar-refractivity contribution >= 4 is 5.91 Å². The summed E-state index contributed by atoms with van der Waals surface area (Å²) in [6, 6.07) is 13.8. The second-order valence-corrected chi connectivity index (χ2v) is 8.19. The first-order valence-electron chi connectivity index (χ1n) is 10.9. The van der Waals surface area contributed by atoms with E-state index in [2.05, 4.69) is 15.0 Å². The first-order valence-corrected chi connectivity index (χ1v) is 10.9. The van der Waals surface area contributed by atoms with E-state index in [1.54, 1.807) is 0 Å². The molecule has 0 radical (unpaired) electrons. The van der Waals surface area contributed by atoms with E-state index in [-0.39, 0.29) is 5.91 Å². The van der Waals surface area contributed by atoms with Crippen LogP contribution in [-0.4, -0.2) is 65.2 Å². The molecule has 1 fully saturated rings. The highest BCUT2D eigenvalue weighted by Crippen LogP contribution is 2.31. The maximum Gasteiger partial charge on any atom is 0.241 e. The molecule has 0 atom stereocenters. The SMILES string of the molecule is Cc1ccc(-c2noc(CN3CCN(C(=O)Cc4ccc5c(c4)OCCO5)CC3)n2)cc1. The minimum Gasteiger partial charge on any atom is -0.486 e. The molecule has 0 unspecified atom stereocenters. The van der Waals surface area contributed by atoms with E-state index < -0.39 is 0 Å². The number of nitrogens with zero attached hydrogens (tertiary/aromatic N) is 4. The molecule has 3 heterocycles. The number of carbonyl (C=O) groups excluding carboxylic acids is 1. The molecular formula is C24H26N4O4. The third-order valence-corrected chi connectivity index (χ3v) is 5.82. The van der Waals surface area contributed by atoms with Gasteiger partial charge in [-0.05, 0) is 24.6 Å². The summed E-state index contributed by atoms with van der Waals surface area (Å²) >= 11 is 0. The van der Waals surface area contributed by atoms with E-state index >= 15 is 0 Å². The topological polar surface area (TPSA) is 80.9 Å². The van der Waals surface area contributed by atoms with Crippen molar-refractivity contribution in [1.82, 2.24) is 19.9 Å². The number of aromatic nitrogens is 2. The van der Waals surface area contributed by atoms with Crippen LogP contribution in [0.4, 0.5) is 0 Å². The number of rotatable bonds is 5. The molecule has 1 amide bonds. The Morgan fingerprint density at radius 3 is 2.50 bits per heavy atom. The van der Waals surface area contributed by atoms with Gasteiger partial charge in [0.2, 0.25) is 17.6 Å². The molecule has 1 saturated heterocycles. The van der Waals surface area contributed by atoms with E-state index in [0.29, 0.717) is 51.0 Å². The number of aryl methyl sites for hydroxylation is 1. The van der Waals surface area contributed by atoms with Gasteiger partial charge in [0.05, 0.1) is 13.0 Å². The number of benzene rings is 2. The minimum atomic E-state index is 0.126. The predicted octanol–water partition coefficient (Wildman–Crippen LogP) is 2.70. The van der Waals surface area contributed by atoms with Crippen LogP contribution in [0.15, 0.2) is 47.0 Å². The standard InChI is InChI=1S/C24H26N4O4/c1-17-2-5-19(6-3-17)24-25-22(32-26-24)16-27-8-10-28(11-9-27)23(29)15-18-4-7-20-21(14-18)31-13-12-30-20/h2-7,14H,8-13,15-16H2,1H3. The van der Waals surface area contributed by atoms with Gasteiger partial charge >= 0.3 is 0 Å². The lowest BCUT2D eigenvalue weighted by molar-refractivity contribution is -0.132. The highest BCUT2D eigenvalue weighted by molar-refractivity contribution is 5.79. The molecule has 0 spiro atoms. The number of ether oxygens (including phenoxy) is 2. The molecule has 32 heavy (non-hydrogen) atoms. The van der Waals surface area contributed by atoms with Gasteiger partial charge < -0.3 is 18.9 Å². The molecule has 2 aliphatic rings. The highest BCUT2D eigenvalue weighted by Gasteiger charge is 2.23. The quantitative estimate of drug-likeness (QED) is 0.611. The van der Waals surface area contributed by atoms with Gasteiger partial charge in [-0.2, -0.15) is 4.98 Å². The Balaban J connectivity index is 1.13. The summed E-state index contributed by atoms with van der Waals surface area (Å²) in [5, 5.41) is 4.11. The zero-order chi connectivity index (χ0) is 21.9. The van der Waals surface area contributed by atoms with Crippen LogP contribution in [0, 0.1) is 6.92 Å². The van der Waals surface area contributed by atoms with Crippen LogP contribution in [-0.2, 0) is 17.8 Å².